The average Bonchev–Trinajstić information content (AvgIpc) is 3.03. The number of nitrogens with zero attached hydrogens (tertiary/aromatic N) is 1. The van der Waals surface area contributed by atoms with Crippen molar-refractivity contribution in [3.63, 3.8) is 0 Å². The maximum absolute atomic E-state index is 13.8. The summed E-state index contributed by atoms with van der Waals surface area (Å²) >= 11 is 0. The van der Waals surface area contributed by atoms with Crippen molar-refractivity contribution in [1.82, 2.24) is 0 Å². The molecule has 0 spiro atoms. The molecule has 1 aliphatic heterocycles. The second-order valence-electron chi connectivity index (χ2n) is 6.90. The highest BCUT2D eigenvalue weighted by molar-refractivity contribution is 5.79. The van der Waals surface area contributed by atoms with Crippen molar-refractivity contribution < 1.29 is 18.8 Å². The van der Waals surface area contributed by atoms with Crippen LogP contribution in [0.1, 0.15) is 25.0 Å². The summed E-state index contributed by atoms with van der Waals surface area (Å²) in [5.41, 5.74) is 0.528. The van der Waals surface area contributed by atoms with Gasteiger partial charge in [-0.3, -0.25) is 14.9 Å². The van der Waals surface area contributed by atoms with Gasteiger partial charge in [-0.05, 0) is 31.4 Å². The molecule has 0 saturated carbocycles. The largest absolute Gasteiger partial charge is 0.460 e. The van der Waals surface area contributed by atoms with Crippen molar-refractivity contribution >= 4 is 17.3 Å². The number of ether oxygens (including phenoxy) is 1. The molecule has 0 aromatic heterocycles. The average molecular weight is 358 g/mol. The van der Waals surface area contributed by atoms with Gasteiger partial charge in [0.15, 0.2) is 0 Å². The van der Waals surface area contributed by atoms with E-state index in [2.05, 4.69) is 5.32 Å². The van der Waals surface area contributed by atoms with Crippen LogP contribution in [0.3, 0.4) is 0 Å². The predicted molar refractivity (Wildman–Crippen MR) is 94.2 cm³/mol. The first-order valence-electron chi connectivity index (χ1n) is 8.23. The van der Waals surface area contributed by atoms with E-state index in [0.717, 1.165) is 11.6 Å². The number of nitrogens with one attached hydrogen (secondary N) is 1. The fourth-order valence-corrected chi connectivity index (χ4v) is 2.99. The monoisotopic (exact) mass is 358 g/mol. The number of rotatable bonds is 5. The summed E-state index contributed by atoms with van der Waals surface area (Å²) in [6.07, 6.45) is 0.379. The van der Waals surface area contributed by atoms with Gasteiger partial charge in [-0.2, -0.15) is 4.39 Å². The van der Waals surface area contributed by atoms with Gasteiger partial charge in [0.1, 0.15) is 6.61 Å². The van der Waals surface area contributed by atoms with Gasteiger partial charge in [-0.1, -0.05) is 30.3 Å². The van der Waals surface area contributed by atoms with E-state index in [1.807, 2.05) is 30.3 Å². The van der Waals surface area contributed by atoms with Crippen molar-refractivity contribution in [3.8, 4) is 0 Å². The molecule has 1 unspecified atom stereocenters. The minimum absolute atomic E-state index is 0.170. The van der Waals surface area contributed by atoms with Gasteiger partial charge in [-0.15, -0.1) is 0 Å². The Balaban J connectivity index is 1.71. The molecule has 6 nitrogen and oxygen atoms in total. The number of halogens is 1. The molecule has 3 rings (SSSR count). The number of nitro benzene ring substituents is 1. The Morgan fingerprint density at radius 3 is 2.69 bits per heavy atom. The van der Waals surface area contributed by atoms with E-state index in [0.29, 0.717) is 17.7 Å². The van der Waals surface area contributed by atoms with Gasteiger partial charge in [0, 0.05) is 23.9 Å². The highest BCUT2D eigenvalue weighted by atomic mass is 19.1. The predicted octanol–water partition coefficient (Wildman–Crippen LogP) is 3.84. The van der Waals surface area contributed by atoms with Crippen LogP contribution in [0.25, 0.3) is 0 Å². The summed E-state index contributed by atoms with van der Waals surface area (Å²) < 4.78 is 19.2. The minimum Gasteiger partial charge on any atom is -0.460 e. The number of benzene rings is 2. The summed E-state index contributed by atoms with van der Waals surface area (Å²) in [4.78, 5) is 22.7. The Labute approximate surface area is 150 Å². The maximum atomic E-state index is 13.8. The molecule has 2 aromatic rings. The number of anilines is 1. The van der Waals surface area contributed by atoms with Gasteiger partial charge in [-0.25, -0.2) is 0 Å². The summed E-state index contributed by atoms with van der Waals surface area (Å²) in [5.74, 6) is -1.28. The van der Waals surface area contributed by atoms with Crippen LogP contribution in [0.2, 0.25) is 0 Å². The number of carbonyl (C=O) groups excluding carboxylic acids is 1. The lowest BCUT2D eigenvalue weighted by Gasteiger charge is -2.29. The van der Waals surface area contributed by atoms with Crippen LogP contribution in [0.5, 0.6) is 0 Å². The molecule has 0 saturated heterocycles. The molecule has 2 aromatic carbocycles. The Morgan fingerprint density at radius 2 is 2.04 bits per heavy atom. The summed E-state index contributed by atoms with van der Waals surface area (Å²) in [6, 6.07) is 11.3. The van der Waals surface area contributed by atoms with E-state index >= 15 is 0 Å². The zero-order valence-corrected chi connectivity index (χ0v) is 14.5. The van der Waals surface area contributed by atoms with Crippen molar-refractivity contribution in [1.29, 1.82) is 0 Å². The number of hydrogen-bond acceptors (Lipinski definition) is 5. The molecule has 1 heterocycles. The zero-order valence-electron chi connectivity index (χ0n) is 14.5. The standard InChI is InChI=1S/C19H19FN2O4/c1-19(2,18(23)26-11-12-6-4-3-5-7-12)17-9-13-8-16(22(24)25)14(20)10-15(13)21-17/h3-8,10,17,21H,9,11H2,1-2H3. The second kappa shape index (κ2) is 6.74. The molecule has 0 amide bonds. The van der Waals surface area contributed by atoms with E-state index in [-0.39, 0.29) is 18.6 Å². The van der Waals surface area contributed by atoms with E-state index in [4.69, 9.17) is 4.74 Å². The highest BCUT2D eigenvalue weighted by Gasteiger charge is 2.42. The van der Waals surface area contributed by atoms with Crippen molar-refractivity contribution in [3.05, 3.63) is 69.5 Å². The summed E-state index contributed by atoms with van der Waals surface area (Å²) in [6.45, 7) is 3.66. The molecule has 1 aliphatic rings. The highest BCUT2D eigenvalue weighted by Crippen LogP contribution is 2.38. The SMILES string of the molecule is CC(C)(C(=O)OCc1ccccc1)C1Cc2cc([N+](=O)[O-])c(F)cc2N1. The minimum atomic E-state index is -0.897. The van der Waals surface area contributed by atoms with Crippen LogP contribution in [0.15, 0.2) is 42.5 Å². The lowest BCUT2D eigenvalue weighted by Crippen LogP contribution is -2.42. The molecule has 1 atom stereocenters. The van der Waals surface area contributed by atoms with Gasteiger partial charge in [0.25, 0.3) is 0 Å². The van der Waals surface area contributed by atoms with Crippen LogP contribution < -0.4 is 5.32 Å². The Kier molecular flexibility index (Phi) is 4.63. The first-order valence-corrected chi connectivity index (χ1v) is 8.23. The van der Waals surface area contributed by atoms with Crippen molar-refractivity contribution in [2.24, 2.45) is 5.41 Å². The van der Waals surface area contributed by atoms with Crippen molar-refractivity contribution in [2.75, 3.05) is 5.32 Å². The normalized spacial score (nSPS) is 15.9. The molecule has 1 N–H and O–H groups in total. The van der Waals surface area contributed by atoms with Crippen LogP contribution in [-0.4, -0.2) is 16.9 Å². The summed E-state index contributed by atoms with van der Waals surface area (Å²) in [7, 11) is 0. The fraction of sp³-hybridized carbons (Fsp3) is 0.316. The maximum Gasteiger partial charge on any atom is 0.313 e. The molecule has 136 valence electrons. The Hall–Kier alpha value is -2.96. The smallest absolute Gasteiger partial charge is 0.313 e. The lowest BCUT2D eigenvalue weighted by molar-refractivity contribution is -0.387. The van der Waals surface area contributed by atoms with E-state index < -0.39 is 21.8 Å². The molecule has 26 heavy (non-hydrogen) atoms. The van der Waals surface area contributed by atoms with E-state index in [9.17, 15) is 19.3 Å². The number of fused-ring (bicyclic) bond motifs is 1. The Morgan fingerprint density at radius 1 is 1.35 bits per heavy atom. The van der Waals surface area contributed by atoms with E-state index in [1.165, 1.54) is 6.07 Å². The first kappa shape index (κ1) is 17.8. The zero-order chi connectivity index (χ0) is 18.9. The third-order valence-corrected chi connectivity index (χ3v) is 4.73. The van der Waals surface area contributed by atoms with E-state index in [1.54, 1.807) is 13.8 Å². The lowest BCUT2D eigenvalue weighted by atomic mass is 9.83. The van der Waals surface area contributed by atoms with Gasteiger partial charge in [0.05, 0.1) is 10.3 Å². The third kappa shape index (κ3) is 3.37. The van der Waals surface area contributed by atoms with Gasteiger partial charge < -0.3 is 10.1 Å². The molecule has 7 heteroatoms. The Bertz CT molecular complexity index is 852. The molecule has 0 bridgehead atoms. The number of carbonyl (C=O) groups is 1. The molecule has 0 aliphatic carbocycles. The molecular formula is C19H19FN2O4. The number of nitro groups is 1. The third-order valence-electron chi connectivity index (χ3n) is 4.73. The molecule has 0 radical (unpaired) electrons. The van der Waals surface area contributed by atoms with Gasteiger partial charge >= 0.3 is 11.7 Å². The van der Waals surface area contributed by atoms with Crippen LogP contribution in [0, 0.1) is 21.3 Å². The molecular weight excluding hydrogens is 339 g/mol. The van der Waals surface area contributed by atoms with Crippen molar-refractivity contribution in [2.45, 2.75) is 32.9 Å². The van der Waals surface area contributed by atoms with Crippen LogP contribution in [-0.2, 0) is 22.6 Å². The number of esters is 1. The fourth-order valence-electron chi connectivity index (χ4n) is 2.99. The quantitative estimate of drug-likeness (QED) is 0.499. The first-order chi connectivity index (χ1) is 12.3. The van der Waals surface area contributed by atoms with Crippen LogP contribution in [0.4, 0.5) is 15.8 Å². The second-order valence-corrected chi connectivity index (χ2v) is 6.90. The topological polar surface area (TPSA) is 81.5 Å². The number of hydrogen-bond donors (Lipinski definition) is 1. The van der Waals surface area contributed by atoms with Gasteiger partial charge in [0.2, 0.25) is 5.82 Å². The summed E-state index contributed by atoms with van der Waals surface area (Å²) in [5, 5.41) is 14.0. The molecule has 0 fully saturated rings. The van der Waals surface area contributed by atoms with Crippen LogP contribution >= 0.6 is 0 Å².